The van der Waals surface area contributed by atoms with Gasteiger partial charge in [-0.3, -0.25) is 0 Å². The average molecular weight is 687 g/mol. The van der Waals surface area contributed by atoms with Gasteiger partial charge in [0.05, 0.1) is 11.2 Å². The summed E-state index contributed by atoms with van der Waals surface area (Å²) in [7, 11) is 0. The van der Waals surface area contributed by atoms with Crippen LogP contribution in [0.3, 0.4) is 0 Å². The number of anilines is 3. The van der Waals surface area contributed by atoms with Gasteiger partial charge in [0.25, 0.3) is 6.71 Å². The topological polar surface area (TPSA) is 17.4 Å². The van der Waals surface area contributed by atoms with Gasteiger partial charge in [0, 0.05) is 44.8 Å². The summed E-state index contributed by atoms with van der Waals surface area (Å²) in [6, 6.07) is 68.2. The van der Waals surface area contributed by atoms with E-state index < -0.39 is 0 Å². The van der Waals surface area contributed by atoms with Gasteiger partial charge in [-0.1, -0.05) is 140 Å². The molecule has 0 unspecified atom stereocenters. The number of fused-ring (bicyclic) bond motifs is 10. The van der Waals surface area contributed by atoms with Gasteiger partial charge in [-0.25, -0.2) is 0 Å². The fourth-order valence-electron chi connectivity index (χ4n) is 9.41. The van der Waals surface area contributed by atoms with Crippen LogP contribution >= 0.6 is 0 Å². The second kappa shape index (κ2) is 11.2. The number of aromatic nitrogens is 1. The van der Waals surface area contributed by atoms with Crippen molar-refractivity contribution in [3.8, 4) is 28.3 Å². The fraction of sp³-hybridized carbons (Fsp3) is 0. The Morgan fingerprint density at radius 2 is 1.07 bits per heavy atom. The second-order valence-electron chi connectivity index (χ2n) is 14.4. The van der Waals surface area contributed by atoms with Gasteiger partial charge < -0.3 is 14.2 Å². The quantitative estimate of drug-likeness (QED) is 0.172. The number of para-hydroxylation sites is 4. The zero-order valence-corrected chi connectivity index (χ0v) is 29.3. The third kappa shape index (κ3) is 4.08. The van der Waals surface area contributed by atoms with Crippen molar-refractivity contribution < 1.29 is 4.74 Å². The molecule has 0 amide bonds. The van der Waals surface area contributed by atoms with E-state index in [1.807, 2.05) is 0 Å². The zero-order valence-electron chi connectivity index (χ0n) is 29.3. The lowest BCUT2D eigenvalue weighted by molar-refractivity contribution is 0.488. The molecule has 0 aliphatic carbocycles. The van der Waals surface area contributed by atoms with Crippen molar-refractivity contribution in [3.05, 3.63) is 188 Å². The van der Waals surface area contributed by atoms with Gasteiger partial charge in [0.1, 0.15) is 11.5 Å². The Kier molecular flexibility index (Phi) is 6.14. The summed E-state index contributed by atoms with van der Waals surface area (Å²) >= 11 is 0. The van der Waals surface area contributed by atoms with E-state index in [0.717, 1.165) is 34.1 Å². The molecule has 9 aromatic carbocycles. The summed E-state index contributed by atoms with van der Waals surface area (Å²) in [5.74, 6) is 1.79. The van der Waals surface area contributed by atoms with E-state index in [0.29, 0.717) is 0 Å². The van der Waals surface area contributed by atoms with Crippen LogP contribution in [0.4, 0.5) is 17.1 Å². The number of benzene rings is 9. The van der Waals surface area contributed by atoms with Gasteiger partial charge in [0.15, 0.2) is 0 Å². The van der Waals surface area contributed by atoms with Crippen molar-refractivity contribution in [1.29, 1.82) is 0 Å². The van der Waals surface area contributed by atoms with Crippen LogP contribution in [0.2, 0.25) is 0 Å². The maximum absolute atomic E-state index is 7.33. The summed E-state index contributed by atoms with van der Waals surface area (Å²) in [5.41, 5.74) is 13.0. The van der Waals surface area contributed by atoms with E-state index in [-0.39, 0.29) is 6.71 Å². The monoisotopic (exact) mass is 686 g/mol. The maximum Gasteiger partial charge on any atom is 0.257 e. The van der Waals surface area contributed by atoms with E-state index >= 15 is 0 Å². The van der Waals surface area contributed by atoms with E-state index in [2.05, 4.69) is 198 Å². The highest BCUT2D eigenvalue weighted by Crippen LogP contribution is 2.45. The van der Waals surface area contributed by atoms with Crippen LogP contribution in [0.25, 0.3) is 60.2 Å². The van der Waals surface area contributed by atoms with Crippen molar-refractivity contribution in [2.24, 2.45) is 0 Å². The lowest BCUT2D eigenvalue weighted by atomic mass is 9.34. The number of ether oxygens (including phenoxy) is 1. The van der Waals surface area contributed by atoms with Crippen LogP contribution in [0.15, 0.2) is 188 Å². The standard InChI is InChI=1S/C50H31BN2O/c1-3-17-34(18-4-1)52(35-19-5-2-6-20-35)44-31-47-48(40-24-10-9-22-38(40)44)51-42-27-14-26-41-39-23-11-12-28-43(39)53(50(41)42)45-29-33(30-46(54-47)49(45)51)37-25-13-16-32-15-7-8-21-36(32)37/h1-31H. The molecule has 0 bridgehead atoms. The molecule has 0 saturated heterocycles. The van der Waals surface area contributed by atoms with Crippen molar-refractivity contribution >= 4 is 83.5 Å². The Morgan fingerprint density at radius 1 is 0.463 bits per heavy atom. The first-order valence-electron chi connectivity index (χ1n) is 18.6. The Labute approximate surface area is 313 Å². The molecule has 2 aliphatic heterocycles. The predicted octanol–water partition coefficient (Wildman–Crippen LogP) is 11.2. The summed E-state index contributed by atoms with van der Waals surface area (Å²) in [4.78, 5) is 2.36. The molecule has 3 nitrogen and oxygen atoms in total. The highest BCUT2D eigenvalue weighted by atomic mass is 16.5. The summed E-state index contributed by atoms with van der Waals surface area (Å²) in [6.07, 6.45) is 0. The smallest absolute Gasteiger partial charge is 0.257 e. The lowest BCUT2D eigenvalue weighted by Crippen LogP contribution is -2.58. The van der Waals surface area contributed by atoms with Crippen molar-refractivity contribution in [1.82, 2.24) is 4.57 Å². The molecule has 0 radical (unpaired) electrons. The normalized spacial score (nSPS) is 12.6. The molecule has 1 aromatic heterocycles. The molecule has 0 atom stereocenters. The second-order valence-corrected chi connectivity index (χ2v) is 14.4. The Balaban J connectivity index is 1.20. The third-order valence-corrected chi connectivity index (χ3v) is 11.6. The number of nitrogens with zero attached hydrogens (tertiary/aromatic N) is 2. The highest BCUT2D eigenvalue weighted by Gasteiger charge is 2.42. The van der Waals surface area contributed by atoms with Gasteiger partial charge in [0.2, 0.25) is 0 Å². The van der Waals surface area contributed by atoms with Crippen LogP contribution in [0.1, 0.15) is 0 Å². The molecular formula is C50H31BN2O. The van der Waals surface area contributed by atoms with Gasteiger partial charge in [-0.05, 0) is 86.1 Å². The van der Waals surface area contributed by atoms with Crippen molar-refractivity contribution in [2.75, 3.05) is 4.90 Å². The van der Waals surface area contributed by atoms with Crippen LogP contribution in [-0.4, -0.2) is 11.3 Å². The molecule has 0 spiro atoms. The number of rotatable bonds is 4. The van der Waals surface area contributed by atoms with Gasteiger partial charge in [-0.15, -0.1) is 0 Å². The highest BCUT2D eigenvalue weighted by molar-refractivity contribution is 7.00. The minimum Gasteiger partial charge on any atom is -0.458 e. The number of hydrogen-bond donors (Lipinski definition) is 0. The van der Waals surface area contributed by atoms with Gasteiger partial charge in [-0.2, -0.15) is 0 Å². The van der Waals surface area contributed by atoms with Crippen LogP contribution < -0.4 is 26.0 Å². The first kappa shape index (κ1) is 29.5. The average Bonchev–Trinajstić information content (AvgIpc) is 3.58. The lowest BCUT2D eigenvalue weighted by Gasteiger charge is -2.36. The van der Waals surface area contributed by atoms with Crippen molar-refractivity contribution in [2.45, 2.75) is 0 Å². The first-order valence-corrected chi connectivity index (χ1v) is 18.6. The molecular weight excluding hydrogens is 655 g/mol. The third-order valence-electron chi connectivity index (χ3n) is 11.6. The predicted molar refractivity (Wildman–Crippen MR) is 227 cm³/mol. The van der Waals surface area contributed by atoms with Crippen LogP contribution in [-0.2, 0) is 0 Å². The molecule has 2 aliphatic rings. The number of hydrogen-bond acceptors (Lipinski definition) is 2. The molecule has 3 heterocycles. The summed E-state index contributed by atoms with van der Waals surface area (Å²) in [5, 5.41) is 7.38. The SMILES string of the molecule is c1ccc(N(c2ccccc2)c2cc3c(c4ccccc24)B2c4c(cc(-c5cccc6ccccc56)cc4-n4c5ccccc5c5cccc2c54)O3)cc1. The molecule has 54 heavy (non-hydrogen) atoms. The summed E-state index contributed by atoms with van der Waals surface area (Å²) < 4.78 is 9.83. The minimum absolute atomic E-state index is 0.0262. The molecule has 4 heteroatoms. The van der Waals surface area contributed by atoms with Crippen LogP contribution in [0, 0.1) is 0 Å². The molecule has 0 saturated carbocycles. The fourth-order valence-corrected chi connectivity index (χ4v) is 9.41. The Bertz CT molecular complexity index is 3110. The van der Waals surface area contributed by atoms with E-state index in [1.54, 1.807) is 0 Å². The van der Waals surface area contributed by atoms with Crippen LogP contribution in [0.5, 0.6) is 11.5 Å². The Hall–Kier alpha value is -7.04. The van der Waals surface area contributed by atoms with Crippen molar-refractivity contribution in [3.63, 3.8) is 0 Å². The Morgan fingerprint density at radius 3 is 1.87 bits per heavy atom. The maximum atomic E-state index is 7.33. The molecule has 250 valence electrons. The van der Waals surface area contributed by atoms with E-state index in [9.17, 15) is 0 Å². The molecule has 0 fully saturated rings. The zero-order chi connectivity index (χ0) is 35.3. The molecule has 10 aromatic rings. The summed E-state index contributed by atoms with van der Waals surface area (Å²) in [6.45, 7) is -0.0262. The molecule has 0 N–H and O–H groups in total. The van der Waals surface area contributed by atoms with E-state index in [1.165, 1.54) is 71.0 Å². The minimum atomic E-state index is -0.0262. The van der Waals surface area contributed by atoms with Gasteiger partial charge >= 0.3 is 0 Å². The largest absolute Gasteiger partial charge is 0.458 e. The first-order chi connectivity index (χ1) is 26.8. The molecule has 12 rings (SSSR count). The van der Waals surface area contributed by atoms with E-state index in [4.69, 9.17) is 4.74 Å².